The van der Waals surface area contributed by atoms with Crippen LogP contribution in [0.2, 0.25) is 0 Å². The molecule has 0 aliphatic carbocycles. The summed E-state index contributed by atoms with van der Waals surface area (Å²) in [6, 6.07) is 0.160. The second kappa shape index (κ2) is 5.74. The van der Waals surface area contributed by atoms with E-state index in [4.69, 9.17) is 5.73 Å². The summed E-state index contributed by atoms with van der Waals surface area (Å²) in [5, 5.41) is 4.32. The van der Waals surface area contributed by atoms with E-state index in [1.165, 1.54) is 0 Å². The van der Waals surface area contributed by atoms with Crippen molar-refractivity contribution in [3.63, 3.8) is 0 Å². The van der Waals surface area contributed by atoms with Crippen molar-refractivity contribution in [3.8, 4) is 0 Å². The number of rotatable bonds is 1. The monoisotopic (exact) mass is 300 g/mol. The van der Waals surface area contributed by atoms with Gasteiger partial charge in [0.15, 0.2) is 0 Å². The second-order valence-corrected chi connectivity index (χ2v) is 6.28. The zero-order chi connectivity index (χ0) is 14.4. The van der Waals surface area contributed by atoms with Crippen LogP contribution in [0.3, 0.4) is 0 Å². The molecule has 1 saturated heterocycles. The van der Waals surface area contributed by atoms with E-state index in [1.54, 1.807) is 4.68 Å². The van der Waals surface area contributed by atoms with Gasteiger partial charge >= 0.3 is 0 Å². The van der Waals surface area contributed by atoms with Gasteiger partial charge in [-0.1, -0.05) is 13.8 Å². The molecule has 0 aromatic carbocycles. The number of aryl methyl sites for hydroxylation is 2. The zero-order valence-electron chi connectivity index (χ0n) is 12.9. The predicted molar refractivity (Wildman–Crippen MR) is 82.2 cm³/mol. The number of nitrogens with two attached hydrogens (primary N) is 1. The molecule has 5 nitrogen and oxygen atoms in total. The number of aromatic nitrogens is 2. The van der Waals surface area contributed by atoms with Gasteiger partial charge in [-0.05, 0) is 25.7 Å². The maximum Gasteiger partial charge on any atom is 0.257 e. The molecule has 2 rings (SSSR count). The van der Waals surface area contributed by atoms with Gasteiger partial charge in [0.2, 0.25) is 0 Å². The number of piperidine rings is 1. The Labute approximate surface area is 126 Å². The number of halogens is 1. The third-order valence-electron chi connectivity index (χ3n) is 4.32. The van der Waals surface area contributed by atoms with Crippen molar-refractivity contribution in [2.24, 2.45) is 18.2 Å². The lowest BCUT2D eigenvalue weighted by atomic mass is 9.79. The first kappa shape index (κ1) is 17.0. The summed E-state index contributed by atoms with van der Waals surface area (Å²) in [7, 11) is 1.87. The zero-order valence-corrected chi connectivity index (χ0v) is 13.8. The van der Waals surface area contributed by atoms with Crippen LogP contribution in [0, 0.1) is 19.3 Å². The van der Waals surface area contributed by atoms with Crippen LogP contribution in [0.5, 0.6) is 0 Å². The molecule has 2 N–H and O–H groups in total. The molecule has 2 heterocycles. The van der Waals surface area contributed by atoms with Crippen molar-refractivity contribution >= 4 is 18.3 Å². The molecule has 1 aromatic heterocycles. The van der Waals surface area contributed by atoms with Gasteiger partial charge in [0, 0.05) is 31.9 Å². The maximum absolute atomic E-state index is 12.7. The van der Waals surface area contributed by atoms with E-state index in [2.05, 4.69) is 18.9 Å². The highest BCUT2D eigenvalue weighted by molar-refractivity contribution is 5.96. The summed E-state index contributed by atoms with van der Waals surface area (Å²) < 4.78 is 1.77. The van der Waals surface area contributed by atoms with Gasteiger partial charge in [-0.15, -0.1) is 12.4 Å². The van der Waals surface area contributed by atoms with Gasteiger partial charge in [0.1, 0.15) is 0 Å². The summed E-state index contributed by atoms with van der Waals surface area (Å²) in [6.45, 7) is 9.52. The van der Waals surface area contributed by atoms with E-state index in [0.717, 1.165) is 29.9 Å². The summed E-state index contributed by atoms with van der Waals surface area (Å²) in [4.78, 5) is 14.6. The van der Waals surface area contributed by atoms with Crippen molar-refractivity contribution in [1.82, 2.24) is 14.7 Å². The van der Waals surface area contributed by atoms with Crippen molar-refractivity contribution < 1.29 is 4.79 Å². The fourth-order valence-electron chi connectivity index (χ4n) is 2.79. The molecule has 1 aromatic rings. The third kappa shape index (κ3) is 2.83. The van der Waals surface area contributed by atoms with Crippen LogP contribution in [0.4, 0.5) is 0 Å². The Balaban J connectivity index is 0.00000200. The quantitative estimate of drug-likeness (QED) is 0.858. The van der Waals surface area contributed by atoms with Crippen molar-refractivity contribution in [3.05, 3.63) is 17.0 Å². The fraction of sp³-hybridized carbons (Fsp3) is 0.714. The molecule has 114 valence electrons. The molecule has 1 fully saturated rings. The van der Waals surface area contributed by atoms with Gasteiger partial charge in [-0.25, -0.2) is 0 Å². The van der Waals surface area contributed by atoms with Crippen molar-refractivity contribution in [1.29, 1.82) is 0 Å². The van der Waals surface area contributed by atoms with Crippen LogP contribution in [-0.4, -0.2) is 39.7 Å². The Morgan fingerprint density at radius 2 is 2.00 bits per heavy atom. The molecular weight excluding hydrogens is 276 g/mol. The lowest BCUT2D eigenvalue weighted by molar-refractivity contribution is 0.0531. The summed E-state index contributed by atoms with van der Waals surface area (Å²) in [6.07, 6.45) is 0.858. The maximum atomic E-state index is 12.7. The Morgan fingerprint density at radius 3 is 2.45 bits per heavy atom. The molecule has 20 heavy (non-hydrogen) atoms. The average molecular weight is 301 g/mol. The highest BCUT2D eigenvalue weighted by atomic mass is 35.5. The van der Waals surface area contributed by atoms with Crippen LogP contribution < -0.4 is 5.73 Å². The number of likely N-dealkylation sites (tertiary alicyclic amines) is 1. The molecule has 0 radical (unpaired) electrons. The van der Waals surface area contributed by atoms with Gasteiger partial charge < -0.3 is 10.6 Å². The minimum atomic E-state index is -0.0298. The topological polar surface area (TPSA) is 64.2 Å². The Kier molecular flexibility index (Phi) is 4.87. The standard InChI is InChI=1S/C14H24N4O.ClH/c1-9-12(10(2)17(5)16-9)13(19)18-7-6-11(15)14(3,4)8-18;/h11H,6-8,15H2,1-5H3;1H. The first-order valence-electron chi connectivity index (χ1n) is 6.79. The number of carbonyl (C=O) groups is 1. The Bertz CT molecular complexity index is 510. The van der Waals surface area contributed by atoms with Gasteiger partial charge in [-0.2, -0.15) is 5.10 Å². The van der Waals surface area contributed by atoms with Gasteiger partial charge in [0.25, 0.3) is 5.91 Å². The lowest BCUT2D eigenvalue weighted by Crippen LogP contribution is -2.54. The first-order chi connectivity index (χ1) is 8.74. The fourth-order valence-corrected chi connectivity index (χ4v) is 2.79. The van der Waals surface area contributed by atoms with Crippen LogP contribution in [0.25, 0.3) is 0 Å². The van der Waals surface area contributed by atoms with E-state index in [9.17, 15) is 4.79 Å². The smallest absolute Gasteiger partial charge is 0.257 e. The largest absolute Gasteiger partial charge is 0.338 e. The molecule has 1 unspecified atom stereocenters. The molecule has 0 bridgehead atoms. The SMILES string of the molecule is Cc1nn(C)c(C)c1C(=O)N1CCC(N)C(C)(C)C1.Cl. The van der Waals surface area contributed by atoms with E-state index in [0.29, 0.717) is 6.54 Å². The van der Waals surface area contributed by atoms with Crippen LogP contribution >= 0.6 is 12.4 Å². The van der Waals surface area contributed by atoms with E-state index in [-0.39, 0.29) is 29.8 Å². The molecule has 0 saturated carbocycles. The number of carbonyl (C=O) groups excluding carboxylic acids is 1. The number of hydrogen-bond acceptors (Lipinski definition) is 3. The summed E-state index contributed by atoms with van der Waals surface area (Å²) in [5.74, 6) is 0.0862. The third-order valence-corrected chi connectivity index (χ3v) is 4.32. The van der Waals surface area contributed by atoms with Crippen LogP contribution in [-0.2, 0) is 7.05 Å². The minimum absolute atomic E-state index is 0. The molecule has 0 spiro atoms. The molecular formula is C14H25ClN4O. The Morgan fingerprint density at radius 1 is 1.40 bits per heavy atom. The molecule has 1 aliphatic heterocycles. The molecule has 1 amide bonds. The second-order valence-electron chi connectivity index (χ2n) is 6.28. The summed E-state index contributed by atoms with van der Waals surface area (Å²) >= 11 is 0. The molecule has 1 aliphatic rings. The van der Waals surface area contributed by atoms with E-state index < -0.39 is 0 Å². The number of amides is 1. The van der Waals surface area contributed by atoms with Gasteiger partial charge in [-0.3, -0.25) is 9.48 Å². The highest BCUT2D eigenvalue weighted by Crippen LogP contribution is 2.29. The Hall–Kier alpha value is -1.07. The number of nitrogens with zero attached hydrogens (tertiary/aromatic N) is 3. The highest BCUT2D eigenvalue weighted by Gasteiger charge is 2.36. The van der Waals surface area contributed by atoms with Gasteiger partial charge in [0.05, 0.1) is 11.3 Å². The number of hydrogen-bond donors (Lipinski definition) is 1. The average Bonchev–Trinajstić information content (AvgIpc) is 2.56. The van der Waals surface area contributed by atoms with Crippen LogP contribution in [0.1, 0.15) is 42.0 Å². The minimum Gasteiger partial charge on any atom is -0.338 e. The lowest BCUT2D eigenvalue weighted by Gasteiger charge is -2.42. The molecule has 1 atom stereocenters. The normalized spacial score (nSPS) is 21.5. The first-order valence-corrected chi connectivity index (χ1v) is 6.79. The predicted octanol–water partition coefficient (Wildman–Crippen LogP) is 1.66. The summed E-state index contributed by atoms with van der Waals surface area (Å²) in [5.41, 5.74) is 8.57. The molecule has 6 heteroatoms. The van der Waals surface area contributed by atoms with E-state index >= 15 is 0 Å². The van der Waals surface area contributed by atoms with Crippen molar-refractivity contribution in [2.75, 3.05) is 13.1 Å². The van der Waals surface area contributed by atoms with Crippen molar-refractivity contribution in [2.45, 2.75) is 40.2 Å². The van der Waals surface area contributed by atoms with Crippen LogP contribution in [0.15, 0.2) is 0 Å². The van der Waals surface area contributed by atoms with E-state index in [1.807, 2.05) is 25.8 Å².